The van der Waals surface area contributed by atoms with Gasteiger partial charge in [0.25, 0.3) is 0 Å². The zero-order chi connectivity index (χ0) is 15.3. The van der Waals surface area contributed by atoms with Crippen molar-refractivity contribution in [1.29, 1.82) is 0 Å². The van der Waals surface area contributed by atoms with Gasteiger partial charge in [0.05, 0.1) is 11.2 Å². The predicted molar refractivity (Wildman–Crippen MR) is 86.7 cm³/mol. The van der Waals surface area contributed by atoms with Crippen molar-refractivity contribution in [2.24, 2.45) is 0 Å². The molecule has 0 spiro atoms. The molecular weight excluding hydrogens is 261 g/mol. The molecule has 1 aromatic rings. The maximum Gasteiger partial charge on any atom is 0.487 e. The van der Waals surface area contributed by atoms with Crippen LogP contribution in [0.15, 0.2) is 24.2 Å². The molecule has 2 heterocycles. The van der Waals surface area contributed by atoms with Crippen molar-refractivity contribution in [2.45, 2.75) is 52.0 Å². The maximum atomic E-state index is 5.98. The fourth-order valence-electron chi connectivity index (χ4n) is 2.85. The van der Waals surface area contributed by atoms with E-state index in [1.165, 1.54) is 16.7 Å². The first-order valence-electron chi connectivity index (χ1n) is 7.61. The Bertz CT molecular complexity index is 564. The molecule has 3 nitrogen and oxygen atoms in total. The zero-order valence-electron chi connectivity index (χ0n) is 13.6. The average molecular weight is 285 g/mol. The monoisotopic (exact) mass is 285 g/mol. The first-order valence-corrected chi connectivity index (χ1v) is 7.61. The second-order valence-corrected chi connectivity index (χ2v) is 7.18. The van der Waals surface area contributed by atoms with Crippen LogP contribution in [-0.2, 0) is 22.4 Å². The number of benzene rings is 1. The van der Waals surface area contributed by atoms with Gasteiger partial charge in [-0.05, 0) is 51.4 Å². The van der Waals surface area contributed by atoms with Crippen LogP contribution in [0, 0.1) is 0 Å². The Morgan fingerprint density at radius 1 is 1.05 bits per heavy atom. The summed E-state index contributed by atoms with van der Waals surface area (Å²) < 4.78 is 12.0. The smallest absolute Gasteiger partial charge is 0.400 e. The summed E-state index contributed by atoms with van der Waals surface area (Å²) in [7, 11) is 1.88. The van der Waals surface area contributed by atoms with Crippen molar-refractivity contribution in [2.75, 3.05) is 7.05 Å². The molecule has 21 heavy (non-hydrogen) atoms. The molecule has 1 fully saturated rings. The fraction of sp³-hybridized carbons (Fsp3) is 0.529. The molecule has 1 aromatic carbocycles. The summed E-state index contributed by atoms with van der Waals surface area (Å²) in [5, 5.41) is 0. The number of fused-ring (bicyclic) bond motifs is 1. The topological polar surface area (TPSA) is 21.7 Å². The third-order valence-electron chi connectivity index (χ3n) is 4.83. The largest absolute Gasteiger partial charge is 0.487 e. The number of nitrogens with zero attached hydrogens (tertiary/aromatic N) is 1. The van der Waals surface area contributed by atoms with E-state index < -0.39 is 0 Å². The summed E-state index contributed by atoms with van der Waals surface area (Å²) in [6, 6.07) is 6.66. The molecule has 0 amide bonds. The highest BCUT2D eigenvalue weighted by Gasteiger charge is 2.49. The Balaban J connectivity index is 1.72. The average Bonchev–Trinajstić information content (AvgIpc) is 2.82. The van der Waals surface area contributed by atoms with Crippen LogP contribution < -0.4 is 0 Å². The Kier molecular flexibility index (Phi) is 3.51. The van der Waals surface area contributed by atoms with Gasteiger partial charge in [-0.1, -0.05) is 30.3 Å². The molecule has 0 atom stereocenters. The van der Waals surface area contributed by atoms with E-state index >= 15 is 0 Å². The van der Waals surface area contributed by atoms with Gasteiger partial charge in [-0.25, -0.2) is 0 Å². The first-order chi connectivity index (χ1) is 9.77. The van der Waals surface area contributed by atoms with Crippen molar-refractivity contribution in [3.63, 3.8) is 0 Å². The summed E-state index contributed by atoms with van der Waals surface area (Å²) in [6.45, 7) is 10.4. The minimum absolute atomic E-state index is 0.272. The van der Waals surface area contributed by atoms with Crippen molar-refractivity contribution in [3.8, 4) is 0 Å². The second-order valence-electron chi connectivity index (χ2n) is 7.18. The van der Waals surface area contributed by atoms with Crippen LogP contribution in [0.25, 0.3) is 6.08 Å². The highest BCUT2D eigenvalue weighted by molar-refractivity contribution is 6.52. The maximum absolute atomic E-state index is 5.98. The normalized spacial score (nSPS) is 24.0. The third kappa shape index (κ3) is 2.80. The molecule has 3 rings (SSSR count). The summed E-state index contributed by atoms with van der Waals surface area (Å²) >= 11 is 0. The van der Waals surface area contributed by atoms with E-state index in [1.807, 2.05) is 5.98 Å². The van der Waals surface area contributed by atoms with Crippen molar-refractivity contribution < 1.29 is 9.31 Å². The molecule has 1 saturated heterocycles. The number of hydrogen-bond donors (Lipinski definition) is 0. The molecule has 0 saturated carbocycles. The van der Waals surface area contributed by atoms with E-state index in [0.717, 1.165) is 13.1 Å². The molecule has 0 unspecified atom stereocenters. The third-order valence-corrected chi connectivity index (χ3v) is 4.83. The van der Waals surface area contributed by atoms with Gasteiger partial charge in [0.15, 0.2) is 0 Å². The minimum Gasteiger partial charge on any atom is -0.400 e. The summed E-state index contributed by atoms with van der Waals surface area (Å²) in [6.07, 6.45) is 2.10. The van der Waals surface area contributed by atoms with E-state index in [9.17, 15) is 0 Å². The molecule has 0 bridgehead atoms. The van der Waals surface area contributed by atoms with Gasteiger partial charge in [0, 0.05) is 13.1 Å². The highest BCUT2D eigenvalue weighted by Crippen LogP contribution is 2.37. The van der Waals surface area contributed by atoms with Crippen LogP contribution in [0.3, 0.4) is 0 Å². The van der Waals surface area contributed by atoms with Gasteiger partial charge in [0.2, 0.25) is 0 Å². The van der Waals surface area contributed by atoms with Gasteiger partial charge >= 0.3 is 7.12 Å². The molecular formula is C17H24BNO2. The molecule has 0 radical (unpaired) electrons. The Morgan fingerprint density at radius 2 is 1.67 bits per heavy atom. The predicted octanol–water partition coefficient (Wildman–Crippen LogP) is 3.28. The van der Waals surface area contributed by atoms with E-state index in [4.69, 9.17) is 9.31 Å². The van der Waals surface area contributed by atoms with E-state index in [-0.39, 0.29) is 18.3 Å². The van der Waals surface area contributed by atoms with Gasteiger partial charge in [0.1, 0.15) is 0 Å². The van der Waals surface area contributed by atoms with Crippen LogP contribution in [0.1, 0.15) is 44.4 Å². The SMILES string of the molecule is CN1Cc2ccc(C=CB3OC(C)(C)C(C)(C)O3)cc2C1. The van der Waals surface area contributed by atoms with Crippen LogP contribution in [0.4, 0.5) is 0 Å². The van der Waals surface area contributed by atoms with Crippen LogP contribution in [-0.4, -0.2) is 30.3 Å². The van der Waals surface area contributed by atoms with Crippen molar-refractivity contribution in [1.82, 2.24) is 4.90 Å². The van der Waals surface area contributed by atoms with Crippen LogP contribution >= 0.6 is 0 Å². The number of hydrogen-bond acceptors (Lipinski definition) is 3. The Labute approximate surface area is 128 Å². The first kappa shape index (κ1) is 14.8. The van der Waals surface area contributed by atoms with Gasteiger partial charge in [-0.2, -0.15) is 0 Å². The van der Waals surface area contributed by atoms with Gasteiger partial charge < -0.3 is 9.31 Å². The second kappa shape index (κ2) is 4.97. The Morgan fingerprint density at radius 3 is 2.33 bits per heavy atom. The zero-order valence-corrected chi connectivity index (χ0v) is 13.6. The van der Waals surface area contributed by atoms with E-state index in [0.29, 0.717) is 0 Å². The molecule has 0 aromatic heterocycles. The summed E-state index contributed by atoms with van der Waals surface area (Å²) in [5.41, 5.74) is 3.52. The lowest BCUT2D eigenvalue weighted by Gasteiger charge is -2.32. The van der Waals surface area contributed by atoms with Crippen LogP contribution in [0.2, 0.25) is 0 Å². The lowest BCUT2D eigenvalue weighted by molar-refractivity contribution is 0.00578. The summed E-state index contributed by atoms with van der Waals surface area (Å²) in [4.78, 5) is 2.33. The van der Waals surface area contributed by atoms with Crippen molar-refractivity contribution in [3.05, 3.63) is 40.9 Å². The summed E-state index contributed by atoms with van der Waals surface area (Å²) in [5.74, 6) is 2.01. The van der Waals surface area contributed by atoms with Gasteiger partial charge in [-0.15, -0.1) is 0 Å². The molecule has 2 aliphatic rings. The van der Waals surface area contributed by atoms with E-state index in [2.05, 4.69) is 63.9 Å². The highest BCUT2D eigenvalue weighted by atomic mass is 16.7. The lowest BCUT2D eigenvalue weighted by Crippen LogP contribution is -2.41. The molecule has 2 aliphatic heterocycles. The van der Waals surface area contributed by atoms with Crippen molar-refractivity contribution >= 4 is 13.2 Å². The molecule has 112 valence electrons. The molecule has 0 N–H and O–H groups in total. The lowest BCUT2D eigenvalue weighted by atomic mass is 9.89. The Hall–Kier alpha value is -1.10. The quantitative estimate of drug-likeness (QED) is 0.778. The van der Waals surface area contributed by atoms with Gasteiger partial charge in [-0.3, -0.25) is 4.90 Å². The standard InChI is InChI=1S/C17H24BNO2/c1-16(2)17(3,4)21-18(20-16)9-8-13-6-7-14-11-19(5)12-15(14)10-13/h6-10H,11-12H2,1-5H3. The number of rotatable bonds is 2. The molecule has 0 aliphatic carbocycles. The fourth-order valence-corrected chi connectivity index (χ4v) is 2.85. The molecule has 4 heteroatoms. The minimum atomic E-state index is -0.275. The van der Waals surface area contributed by atoms with Crippen LogP contribution in [0.5, 0.6) is 0 Å². The van der Waals surface area contributed by atoms with E-state index in [1.54, 1.807) is 0 Å².